The highest BCUT2D eigenvalue weighted by atomic mass is 16.7. The molecule has 1 unspecified atom stereocenters. The Morgan fingerprint density at radius 3 is 3.00 bits per heavy atom. The van der Waals surface area contributed by atoms with E-state index in [4.69, 9.17) is 9.47 Å². The van der Waals surface area contributed by atoms with Crippen molar-refractivity contribution in [3.05, 3.63) is 23.8 Å². The zero-order valence-electron chi connectivity index (χ0n) is 12.6. The monoisotopic (exact) mass is 304 g/mol. The average Bonchev–Trinajstić information content (AvgIpc) is 3.12. The Kier molecular flexibility index (Phi) is 4.18. The number of fused-ring (bicyclic) bond motifs is 1. The van der Waals surface area contributed by atoms with Crippen molar-refractivity contribution in [2.24, 2.45) is 0 Å². The summed E-state index contributed by atoms with van der Waals surface area (Å²) in [6, 6.07) is 5.24. The van der Waals surface area contributed by atoms with Gasteiger partial charge in [-0.25, -0.2) is 0 Å². The Hall–Kier alpha value is -2.24. The summed E-state index contributed by atoms with van der Waals surface area (Å²) in [6.07, 6.45) is 1.89. The highest BCUT2D eigenvalue weighted by Crippen LogP contribution is 2.33. The zero-order valence-corrected chi connectivity index (χ0v) is 12.6. The molecule has 1 N–H and O–H groups in total. The Morgan fingerprint density at radius 2 is 2.18 bits per heavy atom. The topological polar surface area (TPSA) is 67.9 Å². The third-order valence-corrected chi connectivity index (χ3v) is 3.97. The second-order valence-corrected chi connectivity index (χ2v) is 5.55. The van der Waals surface area contributed by atoms with Crippen LogP contribution in [-0.2, 0) is 16.1 Å². The third kappa shape index (κ3) is 2.86. The van der Waals surface area contributed by atoms with Gasteiger partial charge in [-0.2, -0.15) is 0 Å². The number of nitrogens with zero attached hydrogens (tertiary/aromatic N) is 1. The number of carbonyl (C=O) groups is 2. The molecular formula is C16H20N2O4. The van der Waals surface area contributed by atoms with E-state index in [9.17, 15) is 9.59 Å². The van der Waals surface area contributed by atoms with E-state index < -0.39 is 0 Å². The summed E-state index contributed by atoms with van der Waals surface area (Å²) in [6.45, 7) is 3.29. The summed E-state index contributed by atoms with van der Waals surface area (Å²) in [5.41, 5.74) is 0.938. The van der Waals surface area contributed by atoms with Crippen molar-refractivity contribution >= 4 is 11.8 Å². The molecule has 1 aromatic rings. The molecule has 2 amide bonds. The van der Waals surface area contributed by atoms with Crippen LogP contribution in [0.2, 0.25) is 0 Å². The number of amides is 2. The van der Waals surface area contributed by atoms with E-state index in [1.807, 2.05) is 25.1 Å². The molecule has 0 spiro atoms. The van der Waals surface area contributed by atoms with Crippen LogP contribution in [0.25, 0.3) is 0 Å². The number of carbonyl (C=O) groups excluding carboxylic acids is 2. The van der Waals surface area contributed by atoms with Crippen LogP contribution in [0.3, 0.4) is 0 Å². The van der Waals surface area contributed by atoms with E-state index in [2.05, 4.69) is 5.32 Å². The normalized spacial score (nSPS) is 19.6. The van der Waals surface area contributed by atoms with E-state index in [0.29, 0.717) is 37.4 Å². The molecule has 2 aliphatic rings. The van der Waals surface area contributed by atoms with E-state index in [1.54, 1.807) is 4.90 Å². The molecule has 3 rings (SSSR count). The van der Waals surface area contributed by atoms with Gasteiger partial charge in [-0.15, -0.1) is 0 Å². The lowest BCUT2D eigenvalue weighted by Gasteiger charge is -2.24. The molecule has 0 radical (unpaired) electrons. The number of likely N-dealkylation sites (tertiary alicyclic amines) is 1. The predicted molar refractivity (Wildman–Crippen MR) is 79.4 cm³/mol. The maximum Gasteiger partial charge on any atom is 0.242 e. The first kappa shape index (κ1) is 14.7. The van der Waals surface area contributed by atoms with Crippen LogP contribution in [0.4, 0.5) is 0 Å². The maximum absolute atomic E-state index is 12.2. The van der Waals surface area contributed by atoms with Crippen LogP contribution >= 0.6 is 0 Å². The number of hydrogen-bond donors (Lipinski definition) is 1. The Morgan fingerprint density at radius 1 is 1.36 bits per heavy atom. The molecule has 6 nitrogen and oxygen atoms in total. The van der Waals surface area contributed by atoms with Crippen LogP contribution in [0.5, 0.6) is 11.5 Å². The lowest BCUT2D eigenvalue weighted by Crippen LogP contribution is -2.44. The van der Waals surface area contributed by atoms with Crippen LogP contribution < -0.4 is 14.8 Å². The molecule has 0 bridgehead atoms. The largest absolute Gasteiger partial charge is 0.454 e. The molecule has 6 heteroatoms. The lowest BCUT2D eigenvalue weighted by molar-refractivity contribution is -0.135. The molecule has 0 aromatic heterocycles. The highest BCUT2D eigenvalue weighted by Gasteiger charge is 2.35. The molecule has 2 heterocycles. The smallest absolute Gasteiger partial charge is 0.242 e. The van der Waals surface area contributed by atoms with Gasteiger partial charge in [0.15, 0.2) is 11.5 Å². The quantitative estimate of drug-likeness (QED) is 0.893. The van der Waals surface area contributed by atoms with Gasteiger partial charge in [-0.05, 0) is 30.5 Å². The summed E-state index contributed by atoms with van der Waals surface area (Å²) in [5, 5.41) is 2.87. The molecule has 0 saturated carbocycles. The predicted octanol–water partition coefficient (Wildman–Crippen LogP) is 1.43. The maximum atomic E-state index is 12.2. The van der Waals surface area contributed by atoms with Crippen molar-refractivity contribution in [3.63, 3.8) is 0 Å². The zero-order chi connectivity index (χ0) is 15.5. The lowest BCUT2D eigenvalue weighted by atomic mass is 10.1. The average molecular weight is 304 g/mol. The molecule has 1 saturated heterocycles. The number of hydrogen-bond acceptors (Lipinski definition) is 4. The van der Waals surface area contributed by atoms with Crippen molar-refractivity contribution in [2.45, 2.75) is 38.8 Å². The summed E-state index contributed by atoms with van der Waals surface area (Å²) in [5.74, 6) is 1.37. The summed E-state index contributed by atoms with van der Waals surface area (Å²) < 4.78 is 10.6. The first-order valence-electron chi connectivity index (χ1n) is 7.64. The fourth-order valence-corrected chi connectivity index (χ4v) is 2.81. The first-order chi connectivity index (χ1) is 10.7. The third-order valence-electron chi connectivity index (χ3n) is 3.97. The first-order valence-corrected chi connectivity index (χ1v) is 7.64. The van der Waals surface area contributed by atoms with Gasteiger partial charge in [0.25, 0.3) is 0 Å². The van der Waals surface area contributed by atoms with Crippen molar-refractivity contribution in [3.8, 4) is 11.5 Å². The van der Waals surface area contributed by atoms with Gasteiger partial charge >= 0.3 is 0 Å². The molecule has 22 heavy (non-hydrogen) atoms. The second-order valence-electron chi connectivity index (χ2n) is 5.55. The van der Waals surface area contributed by atoms with Crippen molar-refractivity contribution in [2.75, 3.05) is 13.3 Å². The van der Waals surface area contributed by atoms with Gasteiger partial charge in [0.2, 0.25) is 18.6 Å². The van der Waals surface area contributed by atoms with E-state index >= 15 is 0 Å². The Balaban J connectivity index is 1.71. The van der Waals surface area contributed by atoms with Gasteiger partial charge in [-0.1, -0.05) is 13.0 Å². The highest BCUT2D eigenvalue weighted by molar-refractivity contribution is 5.90. The molecule has 0 aliphatic carbocycles. The minimum atomic E-state index is -0.371. The summed E-state index contributed by atoms with van der Waals surface area (Å²) in [7, 11) is 0. The molecule has 1 atom stereocenters. The van der Waals surface area contributed by atoms with Crippen molar-refractivity contribution < 1.29 is 19.1 Å². The molecule has 2 aliphatic heterocycles. The minimum absolute atomic E-state index is 0.0225. The SMILES string of the molecule is CCCNC(=O)C1CCC(=O)N1Cc1ccc2c(c1)OCO2. The van der Waals surface area contributed by atoms with Crippen LogP contribution in [0, 0.1) is 0 Å². The Bertz CT molecular complexity index is 588. The standard InChI is InChI=1S/C16H20N2O4/c1-2-7-17-16(20)12-4-6-15(19)18(12)9-11-3-5-13-14(8-11)22-10-21-13/h3,5,8,12H,2,4,6-7,9-10H2,1H3,(H,17,20). The van der Waals surface area contributed by atoms with Gasteiger partial charge in [0.05, 0.1) is 0 Å². The molecular weight excluding hydrogens is 284 g/mol. The molecule has 1 aromatic carbocycles. The van der Waals surface area contributed by atoms with Gasteiger partial charge < -0.3 is 19.7 Å². The minimum Gasteiger partial charge on any atom is -0.454 e. The van der Waals surface area contributed by atoms with Crippen molar-refractivity contribution in [1.29, 1.82) is 0 Å². The second kappa shape index (κ2) is 6.25. The van der Waals surface area contributed by atoms with Crippen LogP contribution in [-0.4, -0.2) is 36.1 Å². The summed E-state index contributed by atoms with van der Waals surface area (Å²) in [4.78, 5) is 25.9. The van der Waals surface area contributed by atoms with E-state index in [-0.39, 0.29) is 24.6 Å². The van der Waals surface area contributed by atoms with E-state index in [0.717, 1.165) is 12.0 Å². The van der Waals surface area contributed by atoms with Gasteiger partial charge in [0, 0.05) is 19.5 Å². The Labute approximate surface area is 129 Å². The number of nitrogens with one attached hydrogen (secondary N) is 1. The fraction of sp³-hybridized carbons (Fsp3) is 0.500. The van der Waals surface area contributed by atoms with Crippen molar-refractivity contribution in [1.82, 2.24) is 10.2 Å². The van der Waals surface area contributed by atoms with Crippen LogP contribution in [0.15, 0.2) is 18.2 Å². The molecule has 118 valence electrons. The fourth-order valence-electron chi connectivity index (χ4n) is 2.81. The number of rotatable bonds is 5. The van der Waals surface area contributed by atoms with Crippen LogP contribution in [0.1, 0.15) is 31.7 Å². The van der Waals surface area contributed by atoms with Gasteiger partial charge in [0.1, 0.15) is 6.04 Å². The number of ether oxygens (including phenoxy) is 2. The summed E-state index contributed by atoms with van der Waals surface area (Å²) >= 11 is 0. The van der Waals surface area contributed by atoms with E-state index in [1.165, 1.54) is 0 Å². The number of benzene rings is 1. The molecule has 1 fully saturated rings. The van der Waals surface area contributed by atoms with Gasteiger partial charge in [-0.3, -0.25) is 9.59 Å².